The number of ether oxygens (including phenoxy) is 1. The first-order chi connectivity index (χ1) is 17.5. The lowest BCUT2D eigenvalue weighted by atomic mass is 9.79. The van der Waals surface area contributed by atoms with Crippen LogP contribution in [-0.4, -0.2) is 79.2 Å². The predicted molar refractivity (Wildman–Crippen MR) is 153 cm³/mol. The van der Waals surface area contributed by atoms with Crippen molar-refractivity contribution in [2.75, 3.05) is 26.1 Å². The molecule has 202 valence electrons. The smallest absolute Gasteiger partial charge is 0.356 e. The Morgan fingerprint density at radius 1 is 1.43 bits per heavy atom. The summed E-state index contributed by atoms with van der Waals surface area (Å²) in [4.78, 5) is 36.1. The van der Waals surface area contributed by atoms with Gasteiger partial charge in [0.1, 0.15) is 12.3 Å². The standard InChI is InChI=1S/C26H36ClN3O4S2Si/c1-8-11-33-25(32)22-23(15(2)21-20(24(31)30(21)22)16(3)34-37(5,6)7)36-26-28-19(14-35-26)17-9-10-29(4)18(12-17)13-27/h8-9,14-16,18,20-21H,1,10-13H2,2-7H3/t15-,16-,18-,20-,21-/m1/s1. The third-order valence-electron chi connectivity index (χ3n) is 7.05. The SMILES string of the molecule is C=CCOC(=O)C1=C(Sc2nc(C3=CCN(C)[C@@H](CCl)C3)cs2)[C@H](C)[C@@H]2[C@@H]([C@@H](C)O[Si](C)(C)C)C(=O)N12. The van der Waals surface area contributed by atoms with Crippen molar-refractivity contribution >= 4 is 60.5 Å². The van der Waals surface area contributed by atoms with Crippen molar-refractivity contribution in [3.63, 3.8) is 0 Å². The highest BCUT2D eigenvalue weighted by Crippen LogP contribution is 2.53. The summed E-state index contributed by atoms with van der Waals surface area (Å²) in [5, 5.41) is 2.06. The third-order valence-corrected chi connectivity index (χ3v) is 10.7. The molecular weight excluding hydrogens is 546 g/mol. The van der Waals surface area contributed by atoms with E-state index >= 15 is 0 Å². The van der Waals surface area contributed by atoms with E-state index in [-0.39, 0.29) is 42.5 Å². The quantitative estimate of drug-likeness (QED) is 0.123. The molecule has 5 atom stereocenters. The van der Waals surface area contributed by atoms with Gasteiger partial charge in [0.25, 0.3) is 0 Å². The van der Waals surface area contributed by atoms with Crippen molar-refractivity contribution in [3.8, 4) is 0 Å². The van der Waals surface area contributed by atoms with Gasteiger partial charge in [-0.2, -0.15) is 0 Å². The first-order valence-electron chi connectivity index (χ1n) is 12.6. The van der Waals surface area contributed by atoms with E-state index in [9.17, 15) is 9.59 Å². The van der Waals surface area contributed by atoms with Crippen LogP contribution in [-0.2, 0) is 18.8 Å². The molecule has 3 aliphatic heterocycles. The van der Waals surface area contributed by atoms with Crippen LogP contribution in [0.4, 0.5) is 0 Å². The minimum Gasteiger partial charge on any atom is -0.457 e. The molecule has 37 heavy (non-hydrogen) atoms. The number of thioether (sulfide) groups is 1. The average Bonchev–Trinajstić information content (AvgIpc) is 3.38. The number of fused-ring (bicyclic) bond motifs is 1. The number of carbonyl (C=O) groups is 2. The summed E-state index contributed by atoms with van der Waals surface area (Å²) in [5.74, 6) is -0.325. The third kappa shape index (κ3) is 5.79. The van der Waals surface area contributed by atoms with E-state index in [2.05, 4.69) is 56.5 Å². The number of β-lactam (4-membered cyclic amide) rings is 1. The molecule has 4 heterocycles. The Bertz CT molecular complexity index is 1130. The number of rotatable bonds is 10. The molecule has 11 heteroatoms. The van der Waals surface area contributed by atoms with Crippen LogP contribution in [0.5, 0.6) is 0 Å². The highest BCUT2D eigenvalue weighted by molar-refractivity contribution is 8.04. The van der Waals surface area contributed by atoms with Crippen molar-refractivity contribution in [3.05, 3.63) is 40.4 Å². The zero-order valence-corrected chi connectivity index (χ0v) is 25.7. The minimum atomic E-state index is -1.84. The largest absolute Gasteiger partial charge is 0.457 e. The fourth-order valence-corrected chi connectivity index (χ4v) is 9.01. The van der Waals surface area contributed by atoms with Crippen LogP contribution in [0.15, 0.2) is 39.1 Å². The second-order valence-electron chi connectivity index (χ2n) is 10.8. The van der Waals surface area contributed by atoms with E-state index < -0.39 is 14.3 Å². The van der Waals surface area contributed by atoms with Crippen LogP contribution in [0.2, 0.25) is 19.6 Å². The highest BCUT2D eigenvalue weighted by Gasteiger charge is 2.61. The van der Waals surface area contributed by atoms with Crippen LogP contribution < -0.4 is 0 Å². The highest BCUT2D eigenvalue weighted by atomic mass is 35.5. The van der Waals surface area contributed by atoms with Crippen molar-refractivity contribution in [2.45, 2.75) is 62.4 Å². The maximum absolute atomic E-state index is 13.4. The molecule has 1 saturated heterocycles. The second-order valence-corrected chi connectivity index (χ2v) is 17.7. The van der Waals surface area contributed by atoms with E-state index in [0.29, 0.717) is 11.6 Å². The van der Waals surface area contributed by atoms with Crippen molar-refractivity contribution < 1.29 is 18.8 Å². The number of thiazole rings is 1. The average molecular weight is 582 g/mol. The lowest BCUT2D eigenvalue weighted by Gasteiger charge is -2.48. The van der Waals surface area contributed by atoms with E-state index in [4.69, 9.17) is 25.7 Å². The van der Waals surface area contributed by atoms with Gasteiger partial charge < -0.3 is 14.1 Å². The van der Waals surface area contributed by atoms with Crippen molar-refractivity contribution in [1.29, 1.82) is 0 Å². The topological polar surface area (TPSA) is 72.0 Å². The first-order valence-corrected chi connectivity index (χ1v) is 18.2. The number of hydrogen-bond donors (Lipinski definition) is 0. The lowest BCUT2D eigenvalue weighted by Crippen LogP contribution is -2.64. The lowest BCUT2D eigenvalue weighted by molar-refractivity contribution is -0.163. The van der Waals surface area contributed by atoms with Gasteiger partial charge in [-0.15, -0.1) is 22.9 Å². The Balaban J connectivity index is 1.60. The summed E-state index contributed by atoms with van der Waals surface area (Å²) in [6.07, 6.45) is 4.38. The number of hydrogen-bond acceptors (Lipinski definition) is 8. The number of alkyl halides is 1. The van der Waals surface area contributed by atoms with E-state index in [1.807, 2.05) is 6.92 Å². The van der Waals surface area contributed by atoms with E-state index in [1.54, 1.807) is 16.2 Å². The maximum Gasteiger partial charge on any atom is 0.356 e. The van der Waals surface area contributed by atoms with Gasteiger partial charge in [0.2, 0.25) is 5.91 Å². The van der Waals surface area contributed by atoms with Crippen LogP contribution in [0, 0.1) is 11.8 Å². The number of carbonyl (C=O) groups excluding carboxylic acids is 2. The second kappa shape index (κ2) is 11.4. The number of aromatic nitrogens is 1. The van der Waals surface area contributed by atoms with Gasteiger partial charge >= 0.3 is 5.97 Å². The summed E-state index contributed by atoms with van der Waals surface area (Å²) in [7, 11) is 0.242. The molecule has 1 aromatic heterocycles. The fourth-order valence-electron chi connectivity index (χ4n) is 5.29. The Morgan fingerprint density at radius 3 is 2.81 bits per heavy atom. The summed E-state index contributed by atoms with van der Waals surface area (Å²) >= 11 is 9.19. The number of nitrogens with zero attached hydrogens (tertiary/aromatic N) is 3. The molecule has 3 aliphatic rings. The van der Waals surface area contributed by atoms with Crippen LogP contribution in [0.25, 0.3) is 5.57 Å². The van der Waals surface area contributed by atoms with Gasteiger partial charge in [-0.1, -0.05) is 37.4 Å². The molecule has 4 rings (SSSR count). The minimum absolute atomic E-state index is 0.0396. The maximum atomic E-state index is 13.4. The molecule has 0 unspecified atom stereocenters. The zero-order valence-electron chi connectivity index (χ0n) is 22.3. The normalized spacial score (nSPS) is 27.1. The van der Waals surface area contributed by atoms with Crippen LogP contribution >= 0.6 is 34.7 Å². The van der Waals surface area contributed by atoms with Gasteiger partial charge in [-0.25, -0.2) is 9.78 Å². The summed E-state index contributed by atoms with van der Waals surface area (Å²) in [6, 6.07) is 0.156. The number of likely N-dealkylation sites (N-methyl/N-ethyl adjacent to an activating group) is 1. The summed E-state index contributed by atoms with van der Waals surface area (Å²) < 4.78 is 12.5. The fraction of sp³-hybridized carbons (Fsp3) is 0.577. The van der Waals surface area contributed by atoms with E-state index in [0.717, 1.165) is 27.9 Å². The zero-order chi connectivity index (χ0) is 27.1. The number of amides is 1. The molecule has 0 aliphatic carbocycles. The molecule has 0 aromatic carbocycles. The van der Waals surface area contributed by atoms with Gasteiger partial charge in [-0.05, 0) is 45.6 Å². The number of esters is 1. The molecule has 0 radical (unpaired) electrons. The molecule has 1 amide bonds. The van der Waals surface area contributed by atoms with Crippen molar-refractivity contribution in [1.82, 2.24) is 14.8 Å². The first kappa shape index (κ1) is 28.6. The molecule has 0 saturated carbocycles. The molecule has 7 nitrogen and oxygen atoms in total. The monoisotopic (exact) mass is 581 g/mol. The Labute approximate surface area is 234 Å². The van der Waals surface area contributed by atoms with Crippen LogP contribution in [0.3, 0.4) is 0 Å². The van der Waals surface area contributed by atoms with Crippen molar-refractivity contribution in [2.24, 2.45) is 11.8 Å². The molecule has 0 spiro atoms. The molecule has 0 bridgehead atoms. The molecular formula is C26H36ClN3O4S2Si. The van der Waals surface area contributed by atoms with Gasteiger partial charge in [-0.3, -0.25) is 9.69 Å². The summed E-state index contributed by atoms with van der Waals surface area (Å²) in [5.41, 5.74) is 2.48. The number of halogens is 1. The Hall–Kier alpha value is -1.43. The van der Waals surface area contributed by atoms with Crippen LogP contribution in [0.1, 0.15) is 26.0 Å². The van der Waals surface area contributed by atoms with Gasteiger partial charge in [0.05, 0.1) is 23.8 Å². The summed E-state index contributed by atoms with van der Waals surface area (Å²) in [6.45, 7) is 15.0. The Kier molecular flexibility index (Phi) is 8.77. The Morgan fingerprint density at radius 2 is 2.16 bits per heavy atom. The molecule has 1 fully saturated rings. The van der Waals surface area contributed by atoms with Gasteiger partial charge in [0.15, 0.2) is 12.7 Å². The molecule has 1 aromatic rings. The van der Waals surface area contributed by atoms with E-state index in [1.165, 1.54) is 23.4 Å². The molecule has 0 N–H and O–H groups in total. The van der Waals surface area contributed by atoms with Gasteiger partial charge in [0, 0.05) is 34.7 Å². The predicted octanol–water partition coefficient (Wildman–Crippen LogP) is 5.22.